The van der Waals surface area contributed by atoms with Crippen LogP contribution in [0.5, 0.6) is 0 Å². The molecule has 0 saturated carbocycles. The number of fused-ring (bicyclic) bond motifs is 1. The van der Waals surface area contributed by atoms with Crippen LogP contribution in [0, 0.1) is 62.2 Å². The van der Waals surface area contributed by atoms with Gasteiger partial charge in [0.2, 0.25) is 0 Å². The number of anilines is 1. The molecule has 0 N–H and O–H groups in total. The molecule has 7 heteroatoms. The average molecular weight is 424 g/mol. The zero-order valence-corrected chi connectivity index (χ0v) is 19.6. The summed E-state index contributed by atoms with van der Waals surface area (Å²) in [4.78, 5) is 12.0. The molecule has 0 radical (unpaired) electrons. The molecule has 4 rings (SSSR count). The largest absolute Gasteiger partial charge is 0.356 e. The van der Waals surface area contributed by atoms with E-state index in [-0.39, 0.29) is 5.92 Å². The van der Waals surface area contributed by atoms with Crippen molar-refractivity contribution in [3.8, 4) is 17.8 Å². The first-order valence-corrected chi connectivity index (χ1v) is 11.4. The summed E-state index contributed by atoms with van der Waals surface area (Å²) in [6.07, 6.45) is 3.83. The third-order valence-corrected chi connectivity index (χ3v) is 6.72. The molecule has 2 aromatic heterocycles. The van der Waals surface area contributed by atoms with Crippen LogP contribution in [0.1, 0.15) is 35.4 Å². The van der Waals surface area contributed by atoms with E-state index in [2.05, 4.69) is 67.5 Å². The third kappa shape index (κ3) is 3.73. The van der Waals surface area contributed by atoms with E-state index in [1.54, 1.807) is 0 Å². The van der Waals surface area contributed by atoms with Crippen molar-refractivity contribution in [3.63, 3.8) is 0 Å². The lowest BCUT2D eigenvalue weighted by Crippen LogP contribution is -2.36. The summed E-state index contributed by atoms with van der Waals surface area (Å²) in [5.41, 5.74) is 7.12. The molecule has 1 aromatic carbocycles. The molecule has 0 bridgehead atoms. The van der Waals surface area contributed by atoms with Gasteiger partial charge in [-0.2, -0.15) is 10.5 Å². The summed E-state index contributed by atoms with van der Waals surface area (Å²) >= 11 is 0. The van der Waals surface area contributed by atoms with Crippen LogP contribution in [-0.4, -0.2) is 34.9 Å². The van der Waals surface area contributed by atoms with E-state index in [0.717, 1.165) is 61.4 Å². The minimum Gasteiger partial charge on any atom is -0.356 e. The third-order valence-electron chi connectivity index (χ3n) is 6.72. The Hall–Kier alpha value is -3.32. The van der Waals surface area contributed by atoms with Gasteiger partial charge in [0.1, 0.15) is 17.6 Å². The van der Waals surface area contributed by atoms with Gasteiger partial charge in [-0.15, -0.1) is 0 Å². The van der Waals surface area contributed by atoms with Crippen molar-refractivity contribution in [2.24, 2.45) is 11.8 Å². The lowest BCUT2D eigenvalue weighted by atomic mass is 9.72. The quantitative estimate of drug-likeness (QED) is 0.598. The molecule has 6 nitrogen and oxygen atoms in total. The average Bonchev–Trinajstić information content (AvgIpc) is 3.09. The van der Waals surface area contributed by atoms with E-state index in [4.69, 9.17) is 9.97 Å². The van der Waals surface area contributed by atoms with Gasteiger partial charge in [0.05, 0.1) is 23.2 Å². The first-order chi connectivity index (χ1) is 15.4. The second-order valence-electron chi connectivity index (χ2n) is 8.97. The van der Waals surface area contributed by atoms with Gasteiger partial charge in [-0.3, -0.25) is 0 Å². The Morgan fingerprint density at radius 1 is 1.00 bits per heavy atom. The summed E-state index contributed by atoms with van der Waals surface area (Å²) < 4.78 is 2.22. The number of piperidine rings is 1. The van der Waals surface area contributed by atoms with Crippen LogP contribution in [0.2, 0.25) is 6.82 Å². The second kappa shape index (κ2) is 8.67. The minimum absolute atomic E-state index is 0.132. The molecule has 0 unspecified atom stereocenters. The topological polar surface area (TPSA) is 81.5 Å². The number of benzene rings is 1. The van der Waals surface area contributed by atoms with E-state index >= 15 is 0 Å². The zero-order valence-electron chi connectivity index (χ0n) is 19.6. The van der Waals surface area contributed by atoms with E-state index < -0.39 is 5.92 Å². The maximum Gasteiger partial charge on any atom is 0.154 e. The molecule has 0 aliphatic carbocycles. The summed E-state index contributed by atoms with van der Waals surface area (Å²) in [5.74, 6) is 1.33. The van der Waals surface area contributed by atoms with Gasteiger partial charge in [0.15, 0.2) is 12.9 Å². The van der Waals surface area contributed by atoms with Crippen molar-refractivity contribution in [1.82, 2.24) is 14.5 Å². The van der Waals surface area contributed by atoms with Crippen LogP contribution in [0.15, 0.2) is 18.3 Å². The smallest absolute Gasteiger partial charge is 0.154 e. The predicted molar refractivity (Wildman–Crippen MR) is 130 cm³/mol. The first-order valence-electron chi connectivity index (χ1n) is 11.4. The normalized spacial score (nSPS) is 14.6. The molecule has 0 atom stereocenters. The lowest BCUT2D eigenvalue weighted by molar-refractivity contribution is 0.366. The summed E-state index contributed by atoms with van der Waals surface area (Å²) in [7, 11) is 1.02. The SMILES string of the molecule is CBc1cc(C)c(-n2cc(C)c3c(N4CCC(C(C#N)C#N)CC4)nc(C)nc32)c(C)c1. The summed E-state index contributed by atoms with van der Waals surface area (Å²) in [6.45, 7) is 12.2. The number of hydrogen-bond donors (Lipinski definition) is 0. The van der Waals surface area contributed by atoms with Crippen molar-refractivity contribution >= 4 is 29.6 Å². The number of hydrogen-bond acceptors (Lipinski definition) is 5. The number of aryl methyl sites for hydroxylation is 4. The lowest BCUT2D eigenvalue weighted by Gasteiger charge is -2.33. The van der Waals surface area contributed by atoms with E-state index in [1.165, 1.54) is 22.3 Å². The molecule has 162 valence electrons. The highest BCUT2D eigenvalue weighted by Gasteiger charge is 2.29. The molecular weight excluding hydrogens is 395 g/mol. The number of nitriles is 2. The number of nitrogens with zero attached hydrogens (tertiary/aromatic N) is 6. The molecule has 3 heterocycles. The Morgan fingerprint density at radius 3 is 2.19 bits per heavy atom. The standard InChI is InChI=1S/C25H29BN6/c1-15-10-21(26-5)11-16(2)23(15)32-14-17(3)22-24(29-18(4)30-25(22)32)31-8-6-19(7-9-31)20(12-27)13-28/h10-11,14,19-20,26H,6-9H2,1-5H3. The van der Waals surface area contributed by atoms with Crippen molar-refractivity contribution in [2.75, 3.05) is 18.0 Å². The van der Waals surface area contributed by atoms with Gasteiger partial charge in [-0.25, -0.2) is 9.97 Å². The minimum atomic E-state index is -0.524. The van der Waals surface area contributed by atoms with Gasteiger partial charge >= 0.3 is 0 Å². The molecule has 0 amide bonds. The van der Waals surface area contributed by atoms with Crippen molar-refractivity contribution in [3.05, 3.63) is 40.8 Å². The predicted octanol–water partition coefficient (Wildman–Crippen LogP) is 3.64. The fourth-order valence-corrected chi connectivity index (χ4v) is 5.10. The van der Waals surface area contributed by atoms with Gasteiger partial charge in [0.25, 0.3) is 0 Å². The van der Waals surface area contributed by atoms with E-state index in [1.807, 2.05) is 6.92 Å². The molecule has 32 heavy (non-hydrogen) atoms. The Bertz CT molecular complexity index is 1220. The summed E-state index contributed by atoms with van der Waals surface area (Å²) in [5, 5.41) is 19.6. The highest BCUT2D eigenvalue weighted by molar-refractivity contribution is 6.52. The fraction of sp³-hybridized carbons (Fsp3) is 0.440. The molecule has 0 spiro atoms. The fourth-order valence-electron chi connectivity index (χ4n) is 5.10. The highest BCUT2D eigenvalue weighted by atomic mass is 15.2. The number of aromatic nitrogens is 3. The maximum absolute atomic E-state index is 9.25. The Morgan fingerprint density at radius 2 is 1.62 bits per heavy atom. The van der Waals surface area contributed by atoms with Crippen LogP contribution < -0.4 is 10.4 Å². The van der Waals surface area contributed by atoms with Gasteiger partial charge in [-0.05, 0) is 63.1 Å². The van der Waals surface area contributed by atoms with Crippen molar-refractivity contribution in [1.29, 1.82) is 10.5 Å². The first kappa shape index (κ1) is 21.9. The molecule has 3 aromatic rings. The van der Waals surface area contributed by atoms with Gasteiger partial charge < -0.3 is 9.47 Å². The molecule has 1 saturated heterocycles. The Kier molecular flexibility index (Phi) is 5.93. The monoisotopic (exact) mass is 424 g/mol. The zero-order chi connectivity index (χ0) is 23.0. The second-order valence-corrected chi connectivity index (χ2v) is 8.97. The molecule has 1 aliphatic heterocycles. The van der Waals surface area contributed by atoms with Gasteiger partial charge in [-0.1, -0.05) is 24.4 Å². The Labute approximate surface area is 190 Å². The van der Waals surface area contributed by atoms with Crippen LogP contribution in [0.3, 0.4) is 0 Å². The van der Waals surface area contributed by atoms with Crippen LogP contribution >= 0.6 is 0 Å². The Balaban J connectivity index is 1.78. The molecular formula is C25H29BN6. The van der Waals surface area contributed by atoms with Crippen LogP contribution in [0.4, 0.5) is 5.82 Å². The number of rotatable bonds is 4. The van der Waals surface area contributed by atoms with Crippen molar-refractivity contribution < 1.29 is 0 Å². The van der Waals surface area contributed by atoms with Crippen LogP contribution in [0.25, 0.3) is 16.7 Å². The van der Waals surface area contributed by atoms with Gasteiger partial charge in [0, 0.05) is 19.3 Å². The molecule has 1 fully saturated rings. The van der Waals surface area contributed by atoms with E-state index in [0.29, 0.717) is 0 Å². The summed E-state index contributed by atoms with van der Waals surface area (Å²) in [6, 6.07) is 8.85. The maximum atomic E-state index is 9.25. The van der Waals surface area contributed by atoms with E-state index in [9.17, 15) is 10.5 Å². The van der Waals surface area contributed by atoms with Crippen LogP contribution in [-0.2, 0) is 0 Å². The molecule has 1 aliphatic rings. The van der Waals surface area contributed by atoms with Crippen molar-refractivity contribution in [2.45, 2.75) is 47.4 Å². The highest BCUT2D eigenvalue weighted by Crippen LogP contribution is 2.35.